The van der Waals surface area contributed by atoms with Crippen molar-refractivity contribution < 1.29 is 9.90 Å². The Balaban J connectivity index is 1.92. The van der Waals surface area contributed by atoms with Crippen LogP contribution in [-0.4, -0.2) is 38.1 Å². The topological polar surface area (TPSA) is 58.4 Å². The van der Waals surface area contributed by atoms with Gasteiger partial charge in [-0.15, -0.1) is 0 Å². The molecule has 1 aromatic heterocycles. The maximum absolute atomic E-state index is 10.6. The van der Waals surface area contributed by atoms with Crippen molar-refractivity contribution in [1.29, 1.82) is 0 Å². The van der Waals surface area contributed by atoms with Crippen LogP contribution in [0.15, 0.2) is 12.4 Å². The highest BCUT2D eigenvalue weighted by Gasteiger charge is 2.29. The second kappa shape index (κ2) is 4.65. The molecular weight excluding hydrogens is 206 g/mol. The van der Waals surface area contributed by atoms with Crippen LogP contribution < -0.4 is 0 Å². The zero-order valence-corrected chi connectivity index (χ0v) is 9.46. The summed E-state index contributed by atoms with van der Waals surface area (Å²) in [4.78, 5) is 17.1. The molecule has 1 fully saturated rings. The van der Waals surface area contributed by atoms with Crippen molar-refractivity contribution in [2.75, 3.05) is 6.54 Å². The predicted octanol–water partition coefficient (Wildman–Crippen LogP) is 0.859. The molecule has 1 aliphatic rings. The number of carboxylic acids is 1. The summed E-state index contributed by atoms with van der Waals surface area (Å²) in [5, 5.41) is 8.70. The second-order valence-electron chi connectivity index (χ2n) is 4.30. The van der Waals surface area contributed by atoms with Gasteiger partial charge in [-0.25, -0.2) is 4.98 Å². The fraction of sp³-hybridized carbons (Fsp3) is 0.636. The summed E-state index contributed by atoms with van der Waals surface area (Å²) < 4.78 is 1.98. The van der Waals surface area contributed by atoms with Gasteiger partial charge in [-0.1, -0.05) is 0 Å². The molecule has 16 heavy (non-hydrogen) atoms. The lowest BCUT2D eigenvalue weighted by molar-refractivity contribution is -0.137. The maximum atomic E-state index is 10.6. The Bertz CT molecular complexity index is 371. The molecule has 1 N–H and O–H groups in total. The van der Waals surface area contributed by atoms with Crippen LogP contribution in [0.4, 0.5) is 0 Å². The molecule has 1 aromatic rings. The van der Waals surface area contributed by atoms with Gasteiger partial charge >= 0.3 is 5.97 Å². The molecule has 2 rings (SSSR count). The van der Waals surface area contributed by atoms with Crippen molar-refractivity contribution in [1.82, 2.24) is 14.5 Å². The first-order valence-electron chi connectivity index (χ1n) is 5.59. The number of hydrogen-bond acceptors (Lipinski definition) is 3. The third-order valence-electron chi connectivity index (χ3n) is 2.94. The molecule has 0 aromatic carbocycles. The standard InChI is InChI=1S/C11H17N3O2/c1-13-7-5-12-10(13)8-14(9-2-3-9)6-4-11(15)16/h5,7,9H,2-4,6,8H2,1H3,(H,15,16). The molecule has 0 spiro atoms. The Hall–Kier alpha value is -1.36. The van der Waals surface area contributed by atoms with Gasteiger partial charge in [0.25, 0.3) is 0 Å². The second-order valence-corrected chi connectivity index (χ2v) is 4.30. The molecule has 0 unspecified atom stereocenters. The van der Waals surface area contributed by atoms with E-state index in [1.54, 1.807) is 6.20 Å². The number of aliphatic carboxylic acids is 1. The first-order chi connectivity index (χ1) is 7.66. The van der Waals surface area contributed by atoms with Gasteiger partial charge in [0.1, 0.15) is 5.82 Å². The molecule has 0 amide bonds. The molecule has 0 bridgehead atoms. The monoisotopic (exact) mass is 223 g/mol. The van der Waals surface area contributed by atoms with E-state index in [-0.39, 0.29) is 6.42 Å². The van der Waals surface area contributed by atoms with Crippen molar-refractivity contribution in [2.24, 2.45) is 7.05 Å². The number of imidazole rings is 1. The Kier molecular flexibility index (Phi) is 3.24. The fourth-order valence-electron chi connectivity index (χ4n) is 1.80. The number of hydrogen-bond donors (Lipinski definition) is 1. The lowest BCUT2D eigenvalue weighted by Crippen LogP contribution is -2.29. The SMILES string of the molecule is Cn1ccnc1CN(CCC(=O)O)C1CC1. The van der Waals surface area contributed by atoms with Crippen LogP contribution in [0.1, 0.15) is 25.1 Å². The number of carbonyl (C=O) groups is 1. The van der Waals surface area contributed by atoms with Crippen LogP contribution in [-0.2, 0) is 18.4 Å². The molecular formula is C11H17N3O2. The van der Waals surface area contributed by atoms with E-state index in [0.29, 0.717) is 12.6 Å². The van der Waals surface area contributed by atoms with E-state index in [1.807, 2.05) is 17.8 Å². The van der Waals surface area contributed by atoms with Gasteiger partial charge in [0.15, 0.2) is 0 Å². The Labute approximate surface area is 94.7 Å². The first-order valence-corrected chi connectivity index (χ1v) is 5.59. The van der Waals surface area contributed by atoms with E-state index in [2.05, 4.69) is 9.88 Å². The summed E-state index contributed by atoms with van der Waals surface area (Å²) in [5.41, 5.74) is 0. The molecule has 5 nitrogen and oxygen atoms in total. The molecule has 0 atom stereocenters. The van der Waals surface area contributed by atoms with Crippen LogP contribution in [0, 0.1) is 0 Å². The smallest absolute Gasteiger partial charge is 0.304 e. The number of carboxylic acid groups (broad SMARTS) is 1. The summed E-state index contributed by atoms with van der Waals surface area (Å²) in [6, 6.07) is 0.566. The highest BCUT2D eigenvalue weighted by molar-refractivity contribution is 5.66. The van der Waals surface area contributed by atoms with Crippen molar-refractivity contribution in [3.8, 4) is 0 Å². The third-order valence-corrected chi connectivity index (χ3v) is 2.94. The predicted molar refractivity (Wildman–Crippen MR) is 58.9 cm³/mol. The Morgan fingerprint density at radius 2 is 2.44 bits per heavy atom. The molecule has 5 heteroatoms. The van der Waals surface area contributed by atoms with Crippen LogP contribution >= 0.6 is 0 Å². The third kappa shape index (κ3) is 2.82. The Morgan fingerprint density at radius 1 is 1.69 bits per heavy atom. The normalized spacial score (nSPS) is 15.6. The number of rotatable bonds is 6. The van der Waals surface area contributed by atoms with E-state index >= 15 is 0 Å². The van der Waals surface area contributed by atoms with Gasteiger partial charge in [0.2, 0.25) is 0 Å². The average molecular weight is 223 g/mol. The quantitative estimate of drug-likeness (QED) is 0.777. The van der Waals surface area contributed by atoms with E-state index in [0.717, 1.165) is 12.4 Å². The first kappa shape index (κ1) is 11.1. The summed E-state index contributed by atoms with van der Waals surface area (Å²) in [6.07, 6.45) is 6.27. The zero-order valence-electron chi connectivity index (χ0n) is 9.46. The molecule has 0 radical (unpaired) electrons. The minimum atomic E-state index is -0.731. The molecule has 1 saturated carbocycles. The molecule has 1 heterocycles. The lowest BCUT2D eigenvalue weighted by Gasteiger charge is -2.20. The van der Waals surface area contributed by atoms with Crippen molar-refractivity contribution in [3.63, 3.8) is 0 Å². The molecule has 1 aliphatic carbocycles. The van der Waals surface area contributed by atoms with Crippen LogP contribution in [0.2, 0.25) is 0 Å². The highest BCUT2D eigenvalue weighted by atomic mass is 16.4. The van der Waals surface area contributed by atoms with E-state index < -0.39 is 5.97 Å². The molecule has 88 valence electrons. The van der Waals surface area contributed by atoms with Gasteiger partial charge in [-0.05, 0) is 12.8 Å². The van der Waals surface area contributed by atoms with Crippen molar-refractivity contribution in [2.45, 2.75) is 31.8 Å². The Morgan fingerprint density at radius 3 is 2.94 bits per heavy atom. The number of nitrogens with zero attached hydrogens (tertiary/aromatic N) is 3. The summed E-state index contributed by atoms with van der Waals surface area (Å²) in [5.74, 6) is 0.266. The van der Waals surface area contributed by atoms with Crippen LogP contribution in [0.25, 0.3) is 0 Å². The molecule has 0 aliphatic heterocycles. The van der Waals surface area contributed by atoms with Crippen LogP contribution in [0.3, 0.4) is 0 Å². The van der Waals surface area contributed by atoms with Gasteiger partial charge in [-0.2, -0.15) is 0 Å². The lowest BCUT2D eigenvalue weighted by atomic mass is 10.3. The van der Waals surface area contributed by atoms with E-state index in [9.17, 15) is 4.79 Å². The van der Waals surface area contributed by atoms with Crippen molar-refractivity contribution in [3.05, 3.63) is 18.2 Å². The van der Waals surface area contributed by atoms with Gasteiger partial charge in [0.05, 0.1) is 13.0 Å². The largest absolute Gasteiger partial charge is 0.481 e. The molecule has 0 saturated heterocycles. The van der Waals surface area contributed by atoms with E-state index in [4.69, 9.17) is 5.11 Å². The highest BCUT2D eigenvalue weighted by Crippen LogP contribution is 2.28. The van der Waals surface area contributed by atoms with Gasteiger partial charge in [-0.3, -0.25) is 9.69 Å². The van der Waals surface area contributed by atoms with E-state index in [1.165, 1.54) is 12.8 Å². The average Bonchev–Trinajstić information content (AvgIpc) is 2.99. The number of aromatic nitrogens is 2. The summed E-state index contributed by atoms with van der Waals surface area (Å²) in [6.45, 7) is 1.37. The van der Waals surface area contributed by atoms with Gasteiger partial charge < -0.3 is 9.67 Å². The van der Waals surface area contributed by atoms with Gasteiger partial charge in [0, 0.05) is 32.0 Å². The summed E-state index contributed by atoms with van der Waals surface area (Å²) in [7, 11) is 1.96. The fourth-order valence-corrected chi connectivity index (χ4v) is 1.80. The van der Waals surface area contributed by atoms with Crippen LogP contribution in [0.5, 0.6) is 0 Å². The minimum Gasteiger partial charge on any atom is -0.481 e. The minimum absolute atomic E-state index is 0.209. The maximum Gasteiger partial charge on any atom is 0.304 e. The summed E-state index contributed by atoms with van der Waals surface area (Å²) >= 11 is 0. The zero-order chi connectivity index (χ0) is 11.5. The van der Waals surface area contributed by atoms with Crippen molar-refractivity contribution >= 4 is 5.97 Å². The number of aryl methyl sites for hydroxylation is 1.